The SMILES string of the molecule is COc1ccc(C(=S)C(=S)c2ccccc2)cc1.COc1ccc(C(=S)C(=S)c2ccccc2)cc1.[Ni]. The Morgan fingerprint density at radius 1 is 0.405 bits per heavy atom. The zero-order chi connectivity index (χ0) is 25.9. The first-order valence-corrected chi connectivity index (χ1v) is 12.6. The van der Waals surface area contributed by atoms with Gasteiger partial charge in [0.05, 0.1) is 33.7 Å². The minimum absolute atomic E-state index is 0. The Morgan fingerprint density at radius 3 is 0.892 bits per heavy atom. The summed E-state index contributed by atoms with van der Waals surface area (Å²) in [6.07, 6.45) is 0. The van der Waals surface area contributed by atoms with E-state index in [1.54, 1.807) is 14.2 Å². The van der Waals surface area contributed by atoms with Crippen LogP contribution in [0.5, 0.6) is 11.5 Å². The fourth-order valence-electron chi connectivity index (χ4n) is 3.19. The van der Waals surface area contributed by atoms with Gasteiger partial charge in [-0.05, 0) is 70.8 Å². The van der Waals surface area contributed by atoms with Crippen molar-refractivity contribution in [3.05, 3.63) is 131 Å². The van der Waals surface area contributed by atoms with Crippen molar-refractivity contribution in [3.8, 4) is 11.5 Å². The molecule has 0 saturated carbocycles. The van der Waals surface area contributed by atoms with Crippen LogP contribution in [-0.2, 0) is 16.5 Å². The van der Waals surface area contributed by atoms with Crippen molar-refractivity contribution in [2.75, 3.05) is 14.2 Å². The average molecular weight is 603 g/mol. The largest absolute Gasteiger partial charge is 0.497 e. The van der Waals surface area contributed by atoms with Crippen LogP contribution in [0.25, 0.3) is 0 Å². The van der Waals surface area contributed by atoms with Crippen molar-refractivity contribution in [1.82, 2.24) is 0 Å². The molecule has 0 spiro atoms. The van der Waals surface area contributed by atoms with Crippen LogP contribution < -0.4 is 9.47 Å². The van der Waals surface area contributed by atoms with Gasteiger partial charge < -0.3 is 9.47 Å². The van der Waals surface area contributed by atoms with Crippen molar-refractivity contribution in [3.63, 3.8) is 0 Å². The Hall–Kier alpha value is -2.67. The molecule has 0 aliphatic carbocycles. The summed E-state index contributed by atoms with van der Waals surface area (Å²) in [5.41, 5.74) is 3.85. The molecule has 0 saturated heterocycles. The molecule has 37 heavy (non-hydrogen) atoms. The molecule has 0 atom stereocenters. The second-order valence-corrected chi connectivity index (χ2v) is 9.14. The van der Waals surface area contributed by atoms with Crippen molar-refractivity contribution < 1.29 is 26.0 Å². The Kier molecular flexibility index (Phi) is 12.8. The van der Waals surface area contributed by atoms with Crippen LogP contribution in [0.4, 0.5) is 0 Å². The second kappa shape index (κ2) is 15.6. The average Bonchev–Trinajstić information content (AvgIpc) is 2.97. The van der Waals surface area contributed by atoms with E-state index >= 15 is 0 Å². The standard InChI is InChI=1S/2C15H12OS2.Ni/c2*1-16-13-9-7-12(8-10-13)15(18)14(17)11-5-3-2-4-6-11;/h2*2-10H,1H3;. The summed E-state index contributed by atoms with van der Waals surface area (Å²) < 4.78 is 10.2. The fourth-order valence-corrected chi connectivity index (χ4v) is 4.20. The van der Waals surface area contributed by atoms with Gasteiger partial charge in [-0.2, -0.15) is 0 Å². The first kappa shape index (κ1) is 30.6. The molecule has 0 heterocycles. The first-order chi connectivity index (χ1) is 17.4. The Morgan fingerprint density at radius 2 is 0.649 bits per heavy atom. The molecule has 4 rings (SSSR count). The van der Waals surface area contributed by atoms with Crippen LogP contribution in [-0.4, -0.2) is 33.7 Å². The van der Waals surface area contributed by atoms with Crippen LogP contribution in [0.15, 0.2) is 109 Å². The van der Waals surface area contributed by atoms with Gasteiger partial charge >= 0.3 is 0 Å². The predicted octanol–water partition coefficient (Wildman–Crippen LogP) is 7.66. The van der Waals surface area contributed by atoms with E-state index in [9.17, 15) is 0 Å². The van der Waals surface area contributed by atoms with Crippen LogP contribution in [0, 0.1) is 0 Å². The molecular formula is C30H24NiO2S4. The van der Waals surface area contributed by atoms with Crippen molar-refractivity contribution in [2.45, 2.75) is 0 Å². The smallest absolute Gasteiger partial charge is 0.118 e. The minimum atomic E-state index is 0. The van der Waals surface area contributed by atoms with Crippen LogP contribution in [0.2, 0.25) is 0 Å². The molecule has 0 N–H and O–H groups in total. The number of thiocarbonyl (C=S) groups is 4. The molecule has 2 nitrogen and oxygen atoms in total. The molecule has 190 valence electrons. The predicted molar refractivity (Wildman–Crippen MR) is 166 cm³/mol. The van der Waals surface area contributed by atoms with Crippen molar-refractivity contribution >= 4 is 68.3 Å². The maximum absolute atomic E-state index is 5.42. The van der Waals surface area contributed by atoms with Crippen LogP contribution in [0.1, 0.15) is 22.3 Å². The molecule has 0 fully saturated rings. The van der Waals surface area contributed by atoms with Gasteiger partial charge in [0.2, 0.25) is 0 Å². The summed E-state index contributed by atoms with van der Waals surface area (Å²) in [5, 5.41) is 0. The van der Waals surface area contributed by atoms with E-state index in [1.807, 2.05) is 109 Å². The number of hydrogen-bond donors (Lipinski definition) is 0. The van der Waals surface area contributed by atoms with E-state index in [-0.39, 0.29) is 16.5 Å². The summed E-state index contributed by atoms with van der Waals surface area (Å²) in [5.74, 6) is 1.62. The van der Waals surface area contributed by atoms with E-state index in [4.69, 9.17) is 58.3 Å². The summed E-state index contributed by atoms with van der Waals surface area (Å²) in [6, 6.07) is 34.9. The maximum atomic E-state index is 5.42. The molecule has 0 bridgehead atoms. The molecule has 4 aromatic carbocycles. The van der Waals surface area contributed by atoms with Gasteiger partial charge in [-0.15, -0.1) is 0 Å². The summed E-state index contributed by atoms with van der Waals surface area (Å²) in [4.78, 5) is 2.80. The molecule has 7 heteroatoms. The summed E-state index contributed by atoms with van der Waals surface area (Å²) >= 11 is 21.7. The van der Waals surface area contributed by atoms with E-state index in [0.29, 0.717) is 19.5 Å². The zero-order valence-corrected chi connectivity index (χ0v) is 24.4. The minimum Gasteiger partial charge on any atom is -0.497 e. The first-order valence-electron chi connectivity index (χ1n) is 11.0. The third-order valence-corrected chi connectivity index (χ3v) is 7.21. The van der Waals surface area contributed by atoms with E-state index in [0.717, 1.165) is 33.8 Å². The molecule has 0 unspecified atom stereocenters. The van der Waals surface area contributed by atoms with Gasteiger partial charge in [-0.25, -0.2) is 0 Å². The molecule has 0 aliphatic rings. The number of methoxy groups -OCH3 is 2. The third kappa shape index (κ3) is 8.70. The van der Waals surface area contributed by atoms with Gasteiger partial charge in [0.25, 0.3) is 0 Å². The van der Waals surface area contributed by atoms with Crippen LogP contribution >= 0.6 is 48.9 Å². The van der Waals surface area contributed by atoms with Gasteiger partial charge in [0.1, 0.15) is 11.5 Å². The van der Waals surface area contributed by atoms with Gasteiger partial charge in [-0.3, -0.25) is 0 Å². The fraction of sp³-hybridized carbons (Fsp3) is 0.0667. The maximum Gasteiger partial charge on any atom is 0.118 e. The Balaban J connectivity index is 0.000000253. The number of benzene rings is 4. The zero-order valence-electron chi connectivity index (χ0n) is 20.2. The van der Waals surface area contributed by atoms with Gasteiger partial charge in [0, 0.05) is 16.5 Å². The molecule has 0 aromatic heterocycles. The molecule has 4 aromatic rings. The summed E-state index contributed by atoms with van der Waals surface area (Å²) in [6.45, 7) is 0. The monoisotopic (exact) mass is 602 g/mol. The van der Waals surface area contributed by atoms with E-state index in [2.05, 4.69) is 0 Å². The number of ether oxygens (including phenoxy) is 2. The van der Waals surface area contributed by atoms with Crippen LogP contribution in [0.3, 0.4) is 0 Å². The third-order valence-electron chi connectivity index (χ3n) is 5.19. The number of hydrogen-bond acceptors (Lipinski definition) is 6. The quantitative estimate of drug-likeness (QED) is 0.116. The van der Waals surface area contributed by atoms with E-state index < -0.39 is 0 Å². The van der Waals surface area contributed by atoms with Crippen molar-refractivity contribution in [1.29, 1.82) is 0 Å². The molecule has 0 radical (unpaired) electrons. The Bertz CT molecular complexity index is 1230. The topological polar surface area (TPSA) is 18.5 Å². The van der Waals surface area contributed by atoms with Crippen molar-refractivity contribution in [2.24, 2.45) is 0 Å². The van der Waals surface area contributed by atoms with E-state index in [1.165, 1.54) is 0 Å². The molecule has 0 aliphatic heterocycles. The van der Waals surface area contributed by atoms with Gasteiger partial charge in [-0.1, -0.05) is 110 Å². The number of rotatable bonds is 8. The summed E-state index contributed by atoms with van der Waals surface area (Å²) in [7, 11) is 3.28. The molecule has 0 amide bonds. The van der Waals surface area contributed by atoms with Gasteiger partial charge in [0.15, 0.2) is 0 Å². The Labute approximate surface area is 250 Å². The molecular weight excluding hydrogens is 579 g/mol. The normalized spacial score (nSPS) is 9.57. The second-order valence-electron chi connectivity index (χ2n) is 7.51.